The monoisotopic (exact) mass is 247 g/mol. The molecule has 0 unspecified atom stereocenters. The molecule has 0 spiro atoms. The first-order chi connectivity index (χ1) is 8.79. The molecule has 96 valence electrons. The third kappa shape index (κ3) is 1.80. The van der Waals surface area contributed by atoms with Crippen LogP contribution in [0.1, 0.15) is 12.2 Å². The van der Waals surface area contributed by atoms with Gasteiger partial charge >= 0.3 is 0 Å². The fourth-order valence-corrected chi connectivity index (χ4v) is 2.26. The van der Waals surface area contributed by atoms with Crippen molar-refractivity contribution in [2.75, 3.05) is 19.8 Å². The van der Waals surface area contributed by atoms with Crippen LogP contribution in [0.5, 0.6) is 11.5 Å². The molecule has 1 aliphatic heterocycles. The van der Waals surface area contributed by atoms with E-state index in [0.717, 1.165) is 41.2 Å². The first-order valence-electron chi connectivity index (χ1n) is 6.24. The summed E-state index contributed by atoms with van der Waals surface area (Å²) in [7, 11) is 2.03. The molecule has 0 saturated carbocycles. The fraction of sp³-hybridized carbons (Fsp3) is 0.462. The van der Waals surface area contributed by atoms with E-state index in [1.54, 1.807) is 0 Å². The Hall–Kier alpha value is -1.75. The average Bonchev–Trinajstić information content (AvgIpc) is 2.70. The van der Waals surface area contributed by atoms with Crippen molar-refractivity contribution >= 4 is 11.0 Å². The van der Waals surface area contributed by atoms with Crippen molar-refractivity contribution in [3.63, 3.8) is 0 Å². The predicted octanol–water partition coefficient (Wildman–Crippen LogP) is 1.24. The topological polar surface area (TPSA) is 62.3 Å². The second-order valence-electron chi connectivity index (χ2n) is 4.46. The molecular weight excluding hydrogens is 230 g/mol. The number of nitrogens with two attached hydrogens (primary N) is 1. The van der Waals surface area contributed by atoms with E-state index in [1.807, 2.05) is 19.2 Å². The van der Waals surface area contributed by atoms with Crippen molar-refractivity contribution in [2.24, 2.45) is 12.8 Å². The van der Waals surface area contributed by atoms with Gasteiger partial charge in [-0.1, -0.05) is 0 Å². The molecular formula is C13H17N3O2. The van der Waals surface area contributed by atoms with E-state index < -0.39 is 0 Å². The van der Waals surface area contributed by atoms with Gasteiger partial charge in [0.1, 0.15) is 19.0 Å². The van der Waals surface area contributed by atoms with Crippen LogP contribution >= 0.6 is 0 Å². The van der Waals surface area contributed by atoms with Crippen LogP contribution in [-0.4, -0.2) is 29.3 Å². The minimum absolute atomic E-state index is 0.603. The molecule has 0 bridgehead atoms. The lowest BCUT2D eigenvalue weighted by molar-refractivity contribution is 0.172. The molecule has 0 radical (unpaired) electrons. The van der Waals surface area contributed by atoms with Crippen LogP contribution in [-0.2, 0) is 13.5 Å². The van der Waals surface area contributed by atoms with Crippen molar-refractivity contribution in [1.82, 2.24) is 9.55 Å². The predicted molar refractivity (Wildman–Crippen MR) is 69.1 cm³/mol. The van der Waals surface area contributed by atoms with E-state index in [-0.39, 0.29) is 0 Å². The summed E-state index contributed by atoms with van der Waals surface area (Å²) in [5.74, 6) is 2.65. The molecule has 3 rings (SSSR count). The van der Waals surface area contributed by atoms with Crippen molar-refractivity contribution in [3.8, 4) is 11.5 Å². The zero-order valence-electron chi connectivity index (χ0n) is 10.5. The van der Waals surface area contributed by atoms with E-state index in [4.69, 9.17) is 15.2 Å². The first-order valence-corrected chi connectivity index (χ1v) is 6.24. The molecule has 18 heavy (non-hydrogen) atoms. The number of hydrogen-bond donors (Lipinski definition) is 1. The molecule has 2 heterocycles. The van der Waals surface area contributed by atoms with Crippen LogP contribution in [0.25, 0.3) is 11.0 Å². The maximum absolute atomic E-state index is 5.59. The fourth-order valence-electron chi connectivity index (χ4n) is 2.26. The number of imidazole rings is 1. The summed E-state index contributed by atoms with van der Waals surface area (Å²) < 4.78 is 13.3. The Kier molecular flexibility index (Phi) is 2.83. The normalized spacial score (nSPS) is 14.1. The van der Waals surface area contributed by atoms with Gasteiger partial charge in [0.25, 0.3) is 0 Å². The van der Waals surface area contributed by atoms with Crippen LogP contribution < -0.4 is 15.2 Å². The van der Waals surface area contributed by atoms with Crippen LogP contribution in [0.3, 0.4) is 0 Å². The van der Waals surface area contributed by atoms with E-state index in [0.29, 0.717) is 19.8 Å². The van der Waals surface area contributed by atoms with Gasteiger partial charge in [-0.15, -0.1) is 0 Å². The maximum atomic E-state index is 5.59. The minimum Gasteiger partial charge on any atom is -0.486 e. The zero-order valence-corrected chi connectivity index (χ0v) is 10.5. The number of aromatic nitrogens is 2. The van der Waals surface area contributed by atoms with Crippen molar-refractivity contribution in [3.05, 3.63) is 18.0 Å². The second kappa shape index (κ2) is 4.49. The first kappa shape index (κ1) is 11.3. The summed E-state index contributed by atoms with van der Waals surface area (Å²) in [6, 6.07) is 3.96. The lowest BCUT2D eigenvalue weighted by Crippen LogP contribution is -2.15. The Bertz CT molecular complexity index is 577. The van der Waals surface area contributed by atoms with Gasteiger partial charge < -0.3 is 19.8 Å². The summed E-state index contributed by atoms with van der Waals surface area (Å²) in [5, 5.41) is 0. The zero-order chi connectivity index (χ0) is 12.5. The summed E-state index contributed by atoms with van der Waals surface area (Å²) >= 11 is 0. The van der Waals surface area contributed by atoms with Gasteiger partial charge in [0.15, 0.2) is 11.5 Å². The Morgan fingerprint density at radius 1 is 1.28 bits per heavy atom. The quantitative estimate of drug-likeness (QED) is 0.886. The molecule has 2 aromatic rings. The molecule has 1 aromatic carbocycles. The number of benzene rings is 1. The van der Waals surface area contributed by atoms with Crippen molar-refractivity contribution in [2.45, 2.75) is 12.8 Å². The standard InChI is InChI=1S/C13H17N3O2/c1-16-10-8-12-11(17-5-6-18-12)7-9(10)15-13(16)3-2-4-14/h7-8H,2-6,14H2,1H3. The Labute approximate surface area is 106 Å². The maximum Gasteiger partial charge on any atom is 0.163 e. The summed E-state index contributed by atoms with van der Waals surface area (Å²) in [6.45, 7) is 1.90. The molecule has 0 atom stereocenters. The Morgan fingerprint density at radius 2 is 2.00 bits per heavy atom. The highest BCUT2D eigenvalue weighted by molar-refractivity contribution is 5.80. The molecule has 5 heteroatoms. The summed E-state index contributed by atoms with van der Waals surface area (Å²) in [6.07, 6.45) is 1.85. The molecule has 5 nitrogen and oxygen atoms in total. The van der Waals surface area contributed by atoms with E-state index in [2.05, 4.69) is 9.55 Å². The SMILES string of the molecule is Cn1c(CCCN)nc2cc3c(cc21)OCCO3. The third-order valence-corrected chi connectivity index (χ3v) is 3.24. The van der Waals surface area contributed by atoms with Gasteiger partial charge in [0, 0.05) is 25.6 Å². The molecule has 0 fully saturated rings. The number of rotatable bonds is 3. The van der Waals surface area contributed by atoms with E-state index in [1.165, 1.54) is 0 Å². The number of nitrogens with zero attached hydrogens (tertiary/aromatic N) is 2. The van der Waals surface area contributed by atoms with Crippen molar-refractivity contribution in [1.29, 1.82) is 0 Å². The number of hydrogen-bond acceptors (Lipinski definition) is 4. The molecule has 0 amide bonds. The van der Waals surface area contributed by atoms with E-state index >= 15 is 0 Å². The Morgan fingerprint density at radius 3 is 2.72 bits per heavy atom. The van der Waals surface area contributed by atoms with Gasteiger partial charge in [0.2, 0.25) is 0 Å². The van der Waals surface area contributed by atoms with Crippen LogP contribution in [0, 0.1) is 0 Å². The van der Waals surface area contributed by atoms with Gasteiger partial charge in [0.05, 0.1) is 11.0 Å². The van der Waals surface area contributed by atoms with Crippen LogP contribution in [0.2, 0.25) is 0 Å². The number of aryl methyl sites for hydroxylation is 2. The number of fused-ring (bicyclic) bond motifs is 2. The smallest absolute Gasteiger partial charge is 0.163 e. The molecule has 0 aliphatic carbocycles. The minimum atomic E-state index is 0.603. The summed E-state index contributed by atoms with van der Waals surface area (Å²) in [5.41, 5.74) is 7.57. The highest BCUT2D eigenvalue weighted by atomic mass is 16.6. The van der Waals surface area contributed by atoms with E-state index in [9.17, 15) is 0 Å². The lowest BCUT2D eigenvalue weighted by atomic mass is 10.2. The molecule has 2 N–H and O–H groups in total. The largest absolute Gasteiger partial charge is 0.486 e. The Balaban J connectivity index is 2.06. The number of ether oxygens (including phenoxy) is 2. The second-order valence-corrected chi connectivity index (χ2v) is 4.46. The van der Waals surface area contributed by atoms with Gasteiger partial charge in [-0.25, -0.2) is 4.98 Å². The van der Waals surface area contributed by atoms with Crippen LogP contribution in [0.4, 0.5) is 0 Å². The summed E-state index contributed by atoms with van der Waals surface area (Å²) in [4.78, 5) is 4.63. The van der Waals surface area contributed by atoms with Gasteiger partial charge in [-0.2, -0.15) is 0 Å². The van der Waals surface area contributed by atoms with Gasteiger partial charge in [-0.05, 0) is 13.0 Å². The third-order valence-electron chi connectivity index (χ3n) is 3.24. The molecule has 0 saturated heterocycles. The molecule has 1 aromatic heterocycles. The highest BCUT2D eigenvalue weighted by Gasteiger charge is 2.16. The average molecular weight is 247 g/mol. The van der Waals surface area contributed by atoms with Gasteiger partial charge in [-0.3, -0.25) is 0 Å². The van der Waals surface area contributed by atoms with Crippen LogP contribution in [0.15, 0.2) is 12.1 Å². The lowest BCUT2D eigenvalue weighted by Gasteiger charge is -2.18. The molecule has 1 aliphatic rings. The van der Waals surface area contributed by atoms with Crippen molar-refractivity contribution < 1.29 is 9.47 Å². The highest BCUT2D eigenvalue weighted by Crippen LogP contribution is 2.34.